The van der Waals surface area contributed by atoms with Gasteiger partial charge in [0.1, 0.15) is 5.82 Å². The number of piperidine rings is 1. The van der Waals surface area contributed by atoms with Crippen LogP contribution in [0.25, 0.3) is 11.4 Å². The number of piperazine rings is 1. The zero-order valence-corrected chi connectivity index (χ0v) is 19.1. The number of hydrogen-bond donors (Lipinski definition) is 0. The molecule has 5 rings (SSSR count). The highest BCUT2D eigenvalue weighted by molar-refractivity contribution is 5.56. The highest BCUT2D eigenvalue weighted by Crippen LogP contribution is 2.24. The highest BCUT2D eigenvalue weighted by Gasteiger charge is 2.21. The first kappa shape index (κ1) is 20.9. The summed E-state index contributed by atoms with van der Waals surface area (Å²) in [5, 5.41) is 4.20. The van der Waals surface area contributed by atoms with Gasteiger partial charge in [-0.1, -0.05) is 29.8 Å². The van der Waals surface area contributed by atoms with Gasteiger partial charge in [-0.15, -0.1) is 0 Å². The number of hydrogen-bond acceptors (Lipinski definition) is 7. The molecule has 0 unspecified atom stereocenters. The summed E-state index contributed by atoms with van der Waals surface area (Å²) in [6, 6.07) is 12.9. The molecule has 0 radical (unpaired) electrons. The maximum Gasteiger partial charge on any atom is 0.241 e. The summed E-state index contributed by atoms with van der Waals surface area (Å²) in [5.41, 5.74) is 3.49. The average Bonchev–Trinajstić information content (AvgIpc) is 3.29. The molecule has 168 valence electrons. The van der Waals surface area contributed by atoms with E-state index < -0.39 is 0 Å². The fourth-order valence-electron chi connectivity index (χ4n) is 4.65. The van der Waals surface area contributed by atoms with Crippen molar-refractivity contribution in [3.8, 4) is 11.4 Å². The minimum Gasteiger partial charge on any atom is -0.369 e. The van der Waals surface area contributed by atoms with E-state index in [1.165, 1.54) is 24.1 Å². The van der Waals surface area contributed by atoms with Gasteiger partial charge in [0.05, 0.1) is 6.54 Å². The number of rotatable bonds is 5. The topological polar surface area (TPSA) is 61.5 Å². The Balaban J connectivity index is 1.16. The van der Waals surface area contributed by atoms with Crippen molar-refractivity contribution in [3.05, 3.63) is 54.0 Å². The second-order valence-electron chi connectivity index (χ2n) is 9.21. The summed E-state index contributed by atoms with van der Waals surface area (Å²) in [5.74, 6) is 3.04. The van der Waals surface area contributed by atoms with Crippen molar-refractivity contribution >= 4 is 11.5 Å². The summed E-state index contributed by atoms with van der Waals surface area (Å²) < 4.78 is 5.55. The molecule has 2 aliphatic heterocycles. The molecule has 4 heterocycles. The van der Waals surface area contributed by atoms with E-state index in [0.29, 0.717) is 18.3 Å². The first-order valence-corrected chi connectivity index (χ1v) is 11.7. The Morgan fingerprint density at radius 2 is 1.78 bits per heavy atom. The Morgan fingerprint density at radius 3 is 2.50 bits per heavy atom. The Morgan fingerprint density at radius 1 is 0.969 bits per heavy atom. The van der Waals surface area contributed by atoms with E-state index in [2.05, 4.69) is 80.1 Å². The maximum absolute atomic E-state index is 5.55. The minimum atomic E-state index is 0.615. The Kier molecular flexibility index (Phi) is 6.08. The quantitative estimate of drug-likeness (QED) is 0.604. The smallest absolute Gasteiger partial charge is 0.241 e. The molecule has 0 N–H and O–H groups in total. The molecule has 0 amide bonds. The van der Waals surface area contributed by atoms with Crippen LogP contribution in [0.3, 0.4) is 0 Å². The molecule has 3 aromatic rings. The van der Waals surface area contributed by atoms with Crippen molar-refractivity contribution in [2.75, 3.05) is 49.1 Å². The zero-order chi connectivity index (χ0) is 21.9. The molecular weight excluding hydrogens is 400 g/mol. The van der Waals surface area contributed by atoms with Crippen LogP contribution >= 0.6 is 0 Å². The lowest BCUT2D eigenvalue weighted by Gasteiger charge is -2.35. The maximum atomic E-state index is 5.55. The van der Waals surface area contributed by atoms with Crippen LogP contribution in [0.4, 0.5) is 11.5 Å². The summed E-state index contributed by atoms with van der Waals surface area (Å²) in [7, 11) is 0. The average molecular weight is 433 g/mol. The molecule has 2 aromatic heterocycles. The molecule has 1 aromatic carbocycles. The van der Waals surface area contributed by atoms with Gasteiger partial charge in [-0.25, -0.2) is 4.98 Å². The van der Waals surface area contributed by atoms with E-state index in [9.17, 15) is 0 Å². The molecular formula is C25H32N6O. The monoisotopic (exact) mass is 432 g/mol. The third kappa shape index (κ3) is 4.78. The van der Waals surface area contributed by atoms with E-state index >= 15 is 0 Å². The second-order valence-corrected chi connectivity index (χ2v) is 9.21. The van der Waals surface area contributed by atoms with Gasteiger partial charge in [-0.3, -0.25) is 4.90 Å². The van der Waals surface area contributed by atoms with Crippen LogP contribution in [0.5, 0.6) is 0 Å². The Bertz CT molecular complexity index is 1010. The lowest BCUT2D eigenvalue weighted by molar-refractivity contribution is 0.215. The van der Waals surface area contributed by atoms with Gasteiger partial charge >= 0.3 is 0 Å². The first-order chi connectivity index (χ1) is 15.6. The highest BCUT2D eigenvalue weighted by atomic mass is 16.5. The number of aromatic nitrogens is 3. The normalized spacial score (nSPS) is 20.0. The van der Waals surface area contributed by atoms with Gasteiger partial charge in [0, 0.05) is 56.7 Å². The van der Waals surface area contributed by atoms with E-state index in [1.54, 1.807) is 0 Å². The number of anilines is 2. The third-order valence-electron chi connectivity index (χ3n) is 6.59. The van der Waals surface area contributed by atoms with Crippen LogP contribution in [0.15, 0.2) is 47.1 Å². The zero-order valence-electron chi connectivity index (χ0n) is 19.1. The number of pyridine rings is 1. The van der Waals surface area contributed by atoms with Crippen LogP contribution in [0.2, 0.25) is 0 Å². The molecule has 2 saturated heterocycles. The molecule has 0 saturated carbocycles. The van der Waals surface area contributed by atoms with Crippen LogP contribution < -0.4 is 9.80 Å². The van der Waals surface area contributed by atoms with Gasteiger partial charge in [-0.2, -0.15) is 4.98 Å². The third-order valence-corrected chi connectivity index (χ3v) is 6.59. The fraction of sp³-hybridized carbons (Fsp3) is 0.480. The Hall–Kier alpha value is -2.93. The molecule has 0 bridgehead atoms. The number of benzene rings is 1. The van der Waals surface area contributed by atoms with Crippen LogP contribution in [-0.4, -0.2) is 59.3 Å². The van der Waals surface area contributed by atoms with E-state index in [4.69, 9.17) is 4.52 Å². The predicted octanol–water partition coefficient (Wildman–Crippen LogP) is 4.00. The van der Waals surface area contributed by atoms with Crippen molar-refractivity contribution < 1.29 is 4.52 Å². The van der Waals surface area contributed by atoms with Gasteiger partial charge in [-0.05, 0) is 49.9 Å². The number of nitrogens with zero attached hydrogens (tertiary/aromatic N) is 6. The van der Waals surface area contributed by atoms with Crippen LogP contribution in [0.1, 0.15) is 31.2 Å². The molecule has 7 nitrogen and oxygen atoms in total. The molecule has 0 aliphatic carbocycles. The standard InChI is InChI=1S/C25H32N6O/c1-19-5-8-22(9-6-19)30-14-12-29(13-15-30)18-24-27-25(28-32-24)21-7-10-23(26-16-21)31-11-3-4-20(2)17-31/h5-10,16,20H,3-4,11-15,17-18H2,1-2H3/t20-/m0/s1. The molecule has 7 heteroatoms. The van der Waals surface area contributed by atoms with E-state index in [0.717, 1.165) is 56.6 Å². The summed E-state index contributed by atoms with van der Waals surface area (Å²) in [6.45, 7) is 11.3. The second kappa shape index (κ2) is 9.28. The lowest BCUT2D eigenvalue weighted by Crippen LogP contribution is -2.46. The van der Waals surface area contributed by atoms with E-state index in [-0.39, 0.29) is 0 Å². The van der Waals surface area contributed by atoms with Gasteiger partial charge in [0.15, 0.2) is 0 Å². The van der Waals surface area contributed by atoms with Crippen molar-refractivity contribution in [1.29, 1.82) is 0 Å². The molecule has 2 fully saturated rings. The summed E-state index contributed by atoms with van der Waals surface area (Å²) in [6.07, 6.45) is 4.41. The van der Waals surface area contributed by atoms with Crippen molar-refractivity contribution in [2.45, 2.75) is 33.2 Å². The fourth-order valence-corrected chi connectivity index (χ4v) is 4.65. The molecule has 1 atom stereocenters. The number of aryl methyl sites for hydroxylation is 1. The van der Waals surface area contributed by atoms with Crippen molar-refractivity contribution in [1.82, 2.24) is 20.0 Å². The van der Waals surface area contributed by atoms with Gasteiger partial charge in [0.2, 0.25) is 11.7 Å². The van der Waals surface area contributed by atoms with Crippen molar-refractivity contribution in [3.63, 3.8) is 0 Å². The van der Waals surface area contributed by atoms with E-state index in [1.807, 2.05) is 6.20 Å². The largest absolute Gasteiger partial charge is 0.369 e. The summed E-state index contributed by atoms with van der Waals surface area (Å²) in [4.78, 5) is 16.5. The van der Waals surface area contributed by atoms with Crippen molar-refractivity contribution in [2.24, 2.45) is 5.92 Å². The summed E-state index contributed by atoms with van der Waals surface area (Å²) >= 11 is 0. The first-order valence-electron chi connectivity index (χ1n) is 11.7. The van der Waals surface area contributed by atoms with Gasteiger partial charge < -0.3 is 14.3 Å². The SMILES string of the molecule is Cc1ccc(N2CCN(Cc3nc(-c4ccc(N5CCC[C@H](C)C5)nc4)no3)CC2)cc1. The Labute approximate surface area is 190 Å². The molecule has 2 aliphatic rings. The predicted molar refractivity (Wildman–Crippen MR) is 127 cm³/mol. The van der Waals surface area contributed by atoms with Crippen LogP contribution in [-0.2, 0) is 6.54 Å². The molecule has 32 heavy (non-hydrogen) atoms. The van der Waals surface area contributed by atoms with Crippen LogP contribution in [0, 0.1) is 12.8 Å². The van der Waals surface area contributed by atoms with Gasteiger partial charge in [0.25, 0.3) is 0 Å². The lowest BCUT2D eigenvalue weighted by atomic mass is 10.0. The minimum absolute atomic E-state index is 0.615. The molecule has 0 spiro atoms.